The van der Waals surface area contributed by atoms with Gasteiger partial charge in [0.25, 0.3) is 0 Å². The zero-order valence-corrected chi connectivity index (χ0v) is 11.6. The molecule has 0 heterocycles. The Morgan fingerprint density at radius 3 is 2.80 bits per heavy atom. The molecule has 0 unspecified atom stereocenters. The molecule has 2 aromatic carbocycles. The molecule has 20 heavy (non-hydrogen) atoms. The maximum Gasteiger partial charge on any atom is 0.124 e. The molecule has 0 radical (unpaired) electrons. The molecule has 0 fully saturated rings. The second kappa shape index (κ2) is 6.66. The number of rotatable bonds is 6. The first-order valence-corrected chi connectivity index (χ1v) is 6.56. The summed E-state index contributed by atoms with van der Waals surface area (Å²) in [6.07, 6.45) is 1.72. The SMILES string of the molecule is C=CCOc1ccccc1CNc1ccc(C)c(O)c1. The Labute approximate surface area is 119 Å². The zero-order chi connectivity index (χ0) is 14.4. The van der Waals surface area contributed by atoms with Crippen molar-refractivity contribution in [1.29, 1.82) is 0 Å². The van der Waals surface area contributed by atoms with Crippen molar-refractivity contribution < 1.29 is 9.84 Å². The van der Waals surface area contributed by atoms with Crippen LogP contribution in [-0.2, 0) is 6.54 Å². The lowest BCUT2D eigenvalue weighted by molar-refractivity contribution is 0.359. The first-order chi connectivity index (χ1) is 9.70. The fraction of sp³-hybridized carbons (Fsp3) is 0.176. The van der Waals surface area contributed by atoms with E-state index in [1.54, 1.807) is 12.1 Å². The number of hydrogen-bond donors (Lipinski definition) is 2. The van der Waals surface area contributed by atoms with E-state index in [4.69, 9.17) is 4.74 Å². The zero-order valence-electron chi connectivity index (χ0n) is 11.6. The number of aromatic hydroxyl groups is 1. The Balaban J connectivity index is 2.06. The molecule has 0 saturated carbocycles. The van der Waals surface area contributed by atoms with Crippen LogP contribution in [0.2, 0.25) is 0 Å². The predicted octanol–water partition coefficient (Wildman–Crippen LogP) is 3.88. The largest absolute Gasteiger partial charge is 0.508 e. The van der Waals surface area contributed by atoms with Crippen molar-refractivity contribution in [2.75, 3.05) is 11.9 Å². The quantitative estimate of drug-likeness (QED) is 0.782. The summed E-state index contributed by atoms with van der Waals surface area (Å²) in [5.41, 5.74) is 2.81. The number of para-hydroxylation sites is 1. The average Bonchev–Trinajstić information content (AvgIpc) is 2.47. The molecule has 2 aromatic rings. The highest BCUT2D eigenvalue weighted by Crippen LogP contribution is 2.23. The summed E-state index contributed by atoms with van der Waals surface area (Å²) in [4.78, 5) is 0. The van der Waals surface area contributed by atoms with Crippen molar-refractivity contribution in [3.63, 3.8) is 0 Å². The molecule has 0 aliphatic carbocycles. The summed E-state index contributed by atoms with van der Waals surface area (Å²) in [6, 6.07) is 13.4. The fourth-order valence-corrected chi connectivity index (χ4v) is 1.86. The van der Waals surface area contributed by atoms with Gasteiger partial charge in [0, 0.05) is 23.9 Å². The molecule has 0 aromatic heterocycles. The monoisotopic (exact) mass is 269 g/mol. The number of hydrogen-bond acceptors (Lipinski definition) is 3. The van der Waals surface area contributed by atoms with Gasteiger partial charge in [0.05, 0.1) is 0 Å². The van der Waals surface area contributed by atoms with E-state index < -0.39 is 0 Å². The van der Waals surface area contributed by atoms with Crippen molar-refractivity contribution in [2.24, 2.45) is 0 Å². The Hall–Kier alpha value is -2.42. The second-order valence-corrected chi connectivity index (χ2v) is 4.56. The Morgan fingerprint density at radius 2 is 2.05 bits per heavy atom. The summed E-state index contributed by atoms with van der Waals surface area (Å²) in [6.45, 7) is 6.64. The number of nitrogens with one attached hydrogen (secondary N) is 1. The first-order valence-electron chi connectivity index (χ1n) is 6.56. The number of phenolic OH excluding ortho intramolecular Hbond substituents is 1. The third kappa shape index (κ3) is 3.54. The van der Waals surface area contributed by atoms with Gasteiger partial charge in [0.15, 0.2) is 0 Å². The minimum Gasteiger partial charge on any atom is -0.508 e. The standard InChI is InChI=1S/C17H19NO2/c1-3-10-20-17-7-5-4-6-14(17)12-18-15-9-8-13(2)16(19)11-15/h3-9,11,18-19H,1,10,12H2,2H3. The highest BCUT2D eigenvalue weighted by Gasteiger charge is 2.03. The van der Waals surface area contributed by atoms with Crippen molar-refractivity contribution in [2.45, 2.75) is 13.5 Å². The predicted molar refractivity (Wildman–Crippen MR) is 82.3 cm³/mol. The van der Waals surface area contributed by atoms with E-state index in [0.29, 0.717) is 18.9 Å². The number of ether oxygens (including phenoxy) is 1. The summed E-state index contributed by atoms with van der Waals surface area (Å²) in [7, 11) is 0. The molecular formula is C17H19NO2. The Morgan fingerprint density at radius 1 is 1.25 bits per heavy atom. The maximum absolute atomic E-state index is 9.69. The molecule has 0 saturated heterocycles. The lowest BCUT2D eigenvalue weighted by Crippen LogP contribution is -2.03. The van der Waals surface area contributed by atoms with Gasteiger partial charge in [-0.3, -0.25) is 0 Å². The molecule has 104 valence electrons. The van der Waals surface area contributed by atoms with E-state index in [9.17, 15) is 5.11 Å². The highest BCUT2D eigenvalue weighted by atomic mass is 16.5. The van der Waals surface area contributed by atoms with Crippen LogP contribution in [0.5, 0.6) is 11.5 Å². The number of benzene rings is 2. The summed E-state index contributed by atoms with van der Waals surface area (Å²) in [5, 5.41) is 13.0. The third-order valence-corrected chi connectivity index (χ3v) is 3.02. The van der Waals surface area contributed by atoms with E-state index in [1.807, 2.05) is 43.3 Å². The molecule has 3 nitrogen and oxygen atoms in total. The summed E-state index contributed by atoms with van der Waals surface area (Å²) in [5.74, 6) is 1.14. The molecule has 0 amide bonds. The lowest BCUT2D eigenvalue weighted by Gasteiger charge is -2.12. The Bertz CT molecular complexity index is 593. The average molecular weight is 269 g/mol. The van der Waals surface area contributed by atoms with Crippen LogP contribution in [0.1, 0.15) is 11.1 Å². The maximum atomic E-state index is 9.69. The van der Waals surface area contributed by atoms with Crippen LogP contribution in [0, 0.1) is 6.92 Å². The van der Waals surface area contributed by atoms with Gasteiger partial charge in [-0.15, -0.1) is 0 Å². The normalized spacial score (nSPS) is 10.1. The van der Waals surface area contributed by atoms with Gasteiger partial charge in [0.1, 0.15) is 18.1 Å². The van der Waals surface area contributed by atoms with Gasteiger partial charge in [-0.2, -0.15) is 0 Å². The van der Waals surface area contributed by atoms with E-state index in [1.165, 1.54) is 0 Å². The minimum absolute atomic E-state index is 0.297. The van der Waals surface area contributed by atoms with Crippen molar-refractivity contribution in [3.8, 4) is 11.5 Å². The lowest BCUT2D eigenvalue weighted by atomic mass is 10.1. The molecule has 3 heteroatoms. The van der Waals surface area contributed by atoms with Crippen LogP contribution in [0.15, 0.2) is 55.1 Å². The topological polar surface area (TPSA) is 41.5 Å². The first kappa shape index (κ1) is 14.0. The van der Waals surface area contributed by atoms with Crippen LogP contribution in [0.3, 0.4) is 0 Å². The molecule has 2 rings (SSSR count). The second-order valence-electron chi connectivity index (χ2n) is 4.56. The number of anilines is 1. The van der Waals surface area contributed by atoms with E-state index >= 15 is 0 Å². The molecule has 0 aliphatic heterocycles. The van der Waals surface area contributed by atoms with Crippen LogP contribution in [0.4, 0.5) is 5.69 Å². The molecule has 0 aliphatic rings. The third-order valence-electron chi connectivity index (χ3n) is 3.02. The van der Waals surface area contributed by atoms with Gasteiger partial charge in [-0.1, -0.05) is 36.9 Å². The van der Waals surface area contributed by atoms with Crippen LogP contribution >= 0.6 is 0 Å². The molecular weight excluding hydrogens is 250 g/mol. The molecule has 0 bridgehead atoms. The van der Waals surface area contributed by atoms with Crippen LogP contribution in [0.25, 0.3) is 0 Å². The number of phenols is 1. The molecule has 2 N–H and O–H groups in total. The van der Waals surface area contributed by atoms with Crippen LogP contribution in [-0.4, -0.2) is 11.7 Å². The minimum atomic E-state index is 0.297. The molecule has 0 spiro atoms. The smallest absolute Gasteiger partial charge is 0.124 e. The van der Waals surface area contributed by atoms with Gasteiger partial charge in [-0.25, -0.2) is 0 Å². The van der Waals surface area contributed by atoms with Gasteiger partial charge in [-0.05, 0) is 24.6 Å². The van der Waals surface area contributed by atoms with Gasteiger partial charge in [0.2, 0.25) is 0 Å². The van der Waals surface area contributed by atoms with E-state index in [2.05, 4.69) is 11.9 Å². The summed E-state index contributed by atoms with van der Waals surface area (Å²) < 4.78 is 5.61. The molecule has 0 atom stereocenters. The van der Waals surface area contributed by atoms with Crippen molar-refractivity contribution in [1.82, 2.24) is 0 Å². The fourth-order valence-electron chi connectivity index (χ4n) is 1.86. The van der Waals surface area contributed by atoms with Crippen LogP contribution < -0.4 is 10.1 Å². The van der Waals surface area contributed by atoms with Crippen molar-refractivity contribution >= 4 is 5.69 Å². The number of aryl methyl sites for hydroxylation is 1. The summed E-state index contributed by atoms with van der Waals surface area (Å²) >= 11 is 0. The van der Waals surface area contributed by atoms with Gasteiger partial charge >= 0.3 is 0 Å². The Kier molecular flexibility index (Phi) is 4.66. The van der Waals surface area contributed by atoms with E-state index in [-0.39, 0.29) is 0 Å². The van der Waals surface area contributed by atoms with E-state index in [0.717, 1.165) is 22.6 Å². The highest BCUT2D eigenvalue weighted by molar-refractivity contribution is 5.51. The van der Waals surface area contributed by atoms with Gasteiger partial charge < -0.3 is 15.2 Å². The van der Waals surface area contributed by atoms with Crippen molar-refractivity contribution in [3.05, 3.63) is 66.2 Å².